The molecule has 0 radical (unpaired) electrons. The van der Waals surface area contributed by atoms with Crippen molar-refractivity contribution >= 4 is 22.5 Å². The van der Waals surface area contributed by atoms with Gasteiger partial charge in [0.05, 0.1) is 5.69 Å². The number of benzene rings is 1. The van der Waals surface area contributed by atoms with Crippen molar-refractivity contribution < 1.29 is 4.79 Å². The van der Waals surface area contributed by atoms with E-state index in [4.69, 9.17) is 0 Å². The average molecular weight is 328 g/mol. The van der Waals surface area contributed by atoms with Crippen LogP contribution in [0.4, 0.5) is 9.93 Å². The van der Waals surface area contributed by atoms with E-state index in [0.29, 0.717) is 23.9 Å². The molecule has 0 saturated carbocycles. The average Bonchev–Trinajstić information content (AvgIpc) is 3.17. The van der Waals surface area contributed by atoms with Crippen LogP contribution in [0.25, 0.3) is 11.4 Å². The second-order valence-corrected chi connectivity index (χ2v) is 5.75. The third-order valence-corrected chi connectivity index (χ3v) is 3.93. The second-order valence-electron chi connectivity index (χ2n) is 4.90. The summed E-state index contributed by atoms with van der Waals surface area (Å²) in [5.74, 6) is 1.39. The minimum atomic E-state index is -0.276. The summed E-state index contributed by atoms with van der Waals surface area (Å²) in [4.78, 5) is 20.3. The number of urea groups is 1. The monoisotopic (exact) mass is 328 g/mol. The van der Waals surface area contributed by atoms with E-state index in [1.54, 1.807) is 0 Å². The Morgan fingerprint density at radius 2 is 2.09 bits per heavy atom. The van der Waals surface area contributed by atoms with Gasteiger partial charge in [-0.2, -0.15) is 5.10 Å². The Morgan fingerprint density at radius 1 is 1.26 bits per heavy atom. The fourth-order valence-electron chi connectivity index (χ4n) is 1.97. The molecule has 0 atom stereocenters. The summed E-state index contributed by atoms with van der Waals surface area (Å²) < 4.78 is 0. The van der Waals surface area contributed by atoms with Gasteiger partial charge in [0.25, 0.3) is 0 Å². The van der Waals surface area contributed by atoms with Crippen molar-refractivity contribution in [2.45, 2.75) is 13.3 Å². The minimum Gasteiger partial charge on any atom is -0.337 e. The Balaban J connectivity index is 1.47. The summed E-state index contributed by atoms with van der Waals surface area (Å²) in [5.41, 5.74) is 1.85. The van der Waals surface area contributed by atoms with Crippen molar-refractivity contribution in [3.63, 3.8) is 0 Å². The number of carbonyl (C=O) groups excluding carboxylic acids is 1. The topological polar surface area (TPSA) is 95.6 Å². The van der Waals surface area contributed by atoms with Gasteiger partial charge in [-0.25, -0.2) is 14.8 Å². The van der Waals surface area contributed by atoms with Gasteiger partial charge in [0.15, 0.2) is 11.0 Å². The molecule has 0 aliphatic rings. The van der Waals surface area contributed by atoms with Gasteiger partial charge in [0, 0.05) is 23.9 Å². The molecule has 118 valence electrons. The van der Waals surface area contributed by atoms with Gasteiger partial charge >= 0.3 is 6.03 Å². The Kier molecular flexibility index (Phi) is 4.62. The van der Waals surface area contributed by atoms with Gasteiger partial charge in [-0.05, 0) is 6.92 Å². The Labute approximate surface area is 137 Å². The lowest BCUT2D eigenvalue weighted by Gasteiger charge is -2.03. The molecule has 3 aromatic rings. The van der Waals surface area contributed by atoms with Crippen LogP contribution in [-0.4, -0.2) is 32.7 Å². The lowest BCUT2D eigenvalue weighted by Crippen LogP contribution is -2.30. The lowest BCUT2D eigenvalue weighted by atomic mass is 10.2. The number of H-pyrrole nitrogens is 1. The molecule has 3 N–H and O–H groups in total. The van der Waals surface area contributed by atoms with Crippen LogP contribution in [0.3, 0.4) is 0 Å². The van der Waals surface area contributed by atoms with Crippen LogP contribution < -0.4 is 10.6 Å². The molecule has 0 spiro atoms. The second kappa shape index (κ2) is 7.01. The number of aromatic amines is 1. The molecular weight excluding hydrogens is 312 g/mol. The summed E-state index contributed by atoms with van der Waals surface area (Å²) in [5, 5.41) is 15.0. The summed E-state index contributed by atoms with van der Waals surface area (Å²) in [6.45, 7) is 2.34. The van der Waals surface area contributed by atoms with E-state index in [2.05, 4.69) is 30.8 Å². The Morgan fingerprint density at radius 3 is 2.83 bits per heavy atom. The normalized spacial score (nSPS) is 10.5. The fourth-order valence-corrected chi connectivity index (χ4v) is 2.65. The van der Waals surface area contributed by atoms with E-state index in [0.717, 1.165) is 17.1 Å². The molecule has 3 rings (SSSR count). The number of aryl methyl sites for hydroxylation is 1. The molecule has 8 heteroatoms. The van der Waals surface area contributed by atoms with Crippen LogP contribution in [0.15, 0.2) is 35.7 Å². The van der Waals surface area contributed by atoms with E-state index >= 15 is 0 Å². The smallest absolute Gasteiger partial charge is 0.321 e. The number of nitrogens with one attached hydrogen (secondary N) is 3. The molecule has 0 aliphatic heterocycles. The molecule has 1 aromatic carbocycles. The molecule has 2 heterocycles. The third-order valence-electron chi connectivity index (χ3n) is 3.05. The molecule has 23 heavy (non-hydrogen) atoms. The van der Waals surface area contributed by atoms with Gasteiger partial charge in [0.1, 0.15) is 5.82 Å². The van der Waals surface area contributed by atoms with Crippen molar-refractivity contribution in [1.82, 2.24) is 25.5 Å². The van der Waals surface area contributed by atoms with Gasteiger partial charge in [-0.3, -0.25) is 10.4 Å². The van der Waals surface area contributed by atoms with E-state index in [1.807, 2.05) is 42.6 Å². The van der Waals surface area contributed by atoms with Gasteiger partial charge < -0.3 is 5.32 Å². The minimum absolute atomic E-state index is 0.276. The lowest BCUT2D eigenvalue weighted by molar-refractivity contribution is 0.252. The van der Waals surface area contributed by atoms with E-state index in [-0.39, 0.29) is 6.03 Å². The maximum Gasteiger partial charge on any atom is 0.321 e. The quantitative estimate of drug-likeness (QED) is 0.671. The highest BCUT2D eigenvalue weighted by Crippen LogP contribution is 2.14. The highest BCUT2D eigenvalue weighted by Gasteiger charge is 2.07. The Hall–Kier alpha value is -2.74. The first-order valence-electron chi connectivity index (χ1n) is 7.14. The summed E-state index contributed by atoms with van der Waals surface area (Å²) in [6.07, 6.45) is 0.574. The number of amides is 2. The van der Waals surface area contributed by atoms with Gasteiger partial charge in [0.2, 0.25) is 0 Å². The van der Waals surface area contributed by atoms with E-state index in [9.17, 15) is 4.79 Å². The zero-order valence-corrected chi connectivity index (χ0v) is 13.4. The predicted molar refractivity (Wildman–Crippen MR) is 89.4 cm³/mol. The molecule has 0 unspecified atom stereocenters. The first kappa shape index (κ1) is 15.2. The number of nitrogens with zero attached hydrogens (tertiary/aromatic N) is 3. The molecule has 0 bridgehead atoms. The predicted octanol–water partition coefficient (Wildman–Crippen LogP) is 2.60. The summed E-state index contributed by atoms with van der Waals surface area (Å²) in [7, 11) is 0. The molecule has 7 nitrogen and oxygen atoms in total. The van der Waals surface area contributed by atoms with Crippen molar-refractivity contribution in [3.8, 4) is 11.4 Å². The maximum atomic E-state index is 11.7. The fraction of sp³-hybridized carbons (Fsp3) is 0.200. The first-order valence-corrected chi connectivity index (χ1v) is 8.02. The van der Waals surface area contributed by atoms with Crippen LogP contribution in [0.1, 0.15) is 11.5 Å². The standard InChI is InChI=1S/C15H16N6OS/c1-10-9-23-15(17-10)19-14(22)16-8-7-12-18-13(21-20-12)11-5-3-2-4-6-11/h2-6,9H,7-8H2,1H3,(H,18,20,21)(H2,16,17,19,22). The number of rotatable bonds is 5. The Bertz CT molecular complexity index is 782. The van der Waals surface area contributed by atoms with E-state index in [1.165, 1.54) is 11.3 Å². The molecule has 2 aromatic heterocycles. The SMILES string of the molecule is Cc1csc(NC(=O)NCCc2nc(-c3ccccc3)n[nH]2)n1. The van der Waals surface area contributed by atoms with Crippen molar-refractivity contribution in [1.29, 1.82) is 0 Å². The zero-order valence-electron chi connectivity index (χ0n) is 12.5. The number of hydrogen-bond acceptors (Lipinski definition) is 5. The van der Waals surface area contributed by atoms with Crippen LogP contribution in [0, 0.1) is 6.92 Å². The van der Waals surface area contributed by atoms with Gasteiger partial charge in [-0.15, -0.1) is 11.3 Å². The number of carbonyl (C=O) groups is 1. The van der Waals surface area contributed by atoms with E-state index < -0.39 is 0 Å². The van der Waals surface area contributed by atoms with Crippen molar-refractivity contribution in [2.24, 2.45) is 0 Å². The number of thiazole rings is 1. The number of aromatic nitrogens is 4. The largest absolute Gasteiger partial charge is 0.337 e. The third kappa shape index (κ3) is 4.13. The molecule has 2 amide bonds. The zero-order chi connectivity index (χ0) is 16.1. The first-order chi connectivity index (χ1) is 11.2. The molecular formula is C15H16N6OS. The van der Waals surface area contributed by atoms with Crippen LogP contribution in [-0.2, 0) is 6.42 Å². The van der Waals surface area contributed by atoms with Crippen molar-refractivity contribution in [3.05, 3.63) is 47.2 Å². The molecule has 0 fully saturated rings. The van der Waals surface area contributed by atoms with Crippen LogP contribution in [0.5, 0.6) is 0 Å². The number of anilines is 1. The summed E-state index contributed by atoms with van der Waals surface area (Å²) >= 11 is 1.40. The van der Waals surface area contributed by atoms with Gasteiger partial charge in [-0.1, -0.05) is 30.3 Å². The van der Waals surface area contributed by atoms with Crippen LogP contribution in [0.2, 0.25) is 0 Å². The molecule has 0 aliphatic carbocycles. The maximum absolute atomic E-state index is 11.7. The number of hydrogen-bond donors (Lipinski definition) is 3. The van der Waals surface area contributed by atoms with Crippen LogP contribution >= 0.6 is 11.3 Å². The highest BCUT2D eigenvalue weighted by atomic mass is 32.1. The summed E-state index contributed by atoms with van der Waals surface area (Å²) in [6, 6.07) is 9.46. The highest BCUT2D eigenvalue weighted by molar-refractivity contribution is 7.13. The van der Waals surface area contributed by atoms with Crippen molar-refractivity contribution in [2.75, 3.05) is 11.9 Å². The molecule has 0 saturated heterocycles.